The van der Waals surface area contributed by atoms with Gasteiger partial charge >= 0.3 is 6.09 Å². The van der Waals surface area contributed by atoms with Crippen LogP contribution in [0.25, 0.3) is 9.88 Å². The molecular weight excluding hydrogens is 502 g/mol. The number of amides is 2. The minimum atomic E-state index is -0.795. The third-order valence-electron chi connectivity index (χ3n) is 6.09. The number of nitrogens with one attached hydrogen (secondary N) is 2. The molecule has 37 heavy (non-hydrogen) atoms. The summed E-state index contributed by atoms with van der Waals surface area (Å²) in [6.07, 6.45) is 0.272. The summed E-state index contributed by atoms with van der Waals surface area (Å²) in [7, 11) is 1.29. The Labute approximate surface area is 225 Å². The van der Waals surface area contributed by atoms with Crippen molar-refractivity contribution in [2.45, 2.75) is 44.7 Å². The Hall–Kier alpha value is -3.49. The Balaban J connectivity index is 1.59. The molecule has 2 atom stereocenters. The van der Waals surface area contributed by atoms with Crippen LogP contribution in [0.15, 0.2) is 77.5 Å². The summed E-state index contributed by atoms with van der Waals surface area (Å²) >= 11 is 3.20. The fourth-order valence-corrected chi connectivity index (χ4v) is 5.68. The Kier molecular flexibility index (Phi) is 9.09. The number of rotatable bonds is 10. The summed E-state index contributed by atoms with van der Waals surface area (Å²) in [5.74, 6) is 0.156. The minimum absolute atomic E-state index is 0.288. The lowest BCUT2D eigenvalue weighted by Crippen LogP contribution is -2.49. The topological polar surface area (TPSA) is 80.3 Å². The molecule has 0 aliphatic heterocycles. The zero-order valence-electron chi connectivity index (χ0n) is 21.1. The lowest BCUT2D eigenvalue weighted by molar-refractivity contribution is -0.123. The van der Waals surface area contributed by atoms with Crippen molar-refractivity contribution in [3.63, 3.8) is 0 Å². The van der Waals surface area contributed by atoms with E-state index in [-0.39, 0.29) is 11.9 Å². The van der Waals surface area contributed by atoms with Gasteiger partial charge in [0.1, 0.15) is 11.0 Å². The Morgan fingerprint density at radius 3 is 2.27 bits per heavy atom. The molecule has 2 aromatic carbocycles. The fraction of sp³-hybridized carbons (Fsp3) is 0.276. The second-order valence-electron chi connectivity index (χ2n) is 9.09. The zero-order valence-corrected chi connectivity index (χ0v) is 22.8. The highest BCUT2D eigenvalue weighted by Gasteiger charge is 2.26. The molecule has 0 saturated carbocycles. The number of hydrogen-bond acceptors (Lipinski definition) is 6. The van der Waals surface area contributed by atoms with E-state index in [1.165, 1.54) is 12.7 Å². The average Bonchev–Trinajstić information content (AvgIpc) is 3.61. The highest BCUT2D eigenvalue weighted by molar-refractivity contribution is 7.20. The van der Waals surface area contributed by atoms with Gasteiger partial charge < -0.3 is 15.4 Å². The van der Waals surface area contributed by atoms with Gasteiger partial charge in [0, 0.05) is 11.8 Å². The van der Waals surface area contributed by atoms with Gasteiger partial charge in [-0.3, -0.25) is 4.79 Å². The van der Waals surface area contributed by atoms with Gasteiger partial charge in [0.25, 0.3) is 0 Å². The van der Waals surface area contributed by atoms with Crippen LogP contribution < -0.4 is 10.6 Å². The van der Waals surface area contributed by atoms with Crippen molar-refractivity contribution >= 4 is 34.7 Å². The van der Waals surface area contributed by atoms with Gasteiger partial charge in [-0.2, -0.15) is 0 Å². The van der Waals surface area contributed by atoms with Crippen molar-refractivity contribution in [3.8, 4) is 9.88 Å². The summed E-state index contributed by atoms with van der Waals surface area (Å²) in [6, 6.07) is 21.0. The zero-order chi connectivity index (χ0) is 26.2. The van der Waals surface area contributed by atoms with E-state index in [1.807, 2.05) is 53.2 Å². The molecule has 0 aliphatic carbocycles. The molecule has 0 spiro atoms. The van der Waals surface area contributed by atoms with E-state index in [0.29, 0.717) is 18.8 Å². The number of thiophene rings is 1. The molecule has 2 N–H and O–H groups in total. The monoisotopic (exact) mass is 533 g/mol. The van der Waals surface area contributed by atoms with E-state index in [4.69, 9.17) is 9.72 Å². The smallest absolute Gasteiger partial charge is 0.407 e. The first kappa shape index (κ1) is 26.6. The summed E-state index contributed by atoms with van der Waals surface area (Å²) in [6.45, 7) is 4.33. The van der Waals surface area contributed by atoms with Crippen LogP contribution >= 0.6 is 22.7 Å². The number of thiazole rings is 1. The third-order valence-corrected chi connectivity index (χ3v) is 7.99. The molecule has 2 aromatic heterocycles. The van der Waals surface area contributed by atoms with Crippen LogP contribution in [0.5, 0.6) is 0 Å². The number of nitrogens with zero attached hydrogens (tertiary/aromatic N) is 1. The van der Waals surface area contributed by atoms with E-state index < -0.39 is 12.1 Å². The van der Waals surface area contributed by atoms with Crippen LogP contribution in [0.4, 0.5) is 4.79 Å². The molecule has 6 nitrogen and oxygen atoms in total. The molecule has 0 bridgehead atoms. The van der Waals surface area contributed by atoms with Crippen LogP contribution in [-0.2, 0) is 22.4 Å². The highest BCUT2D eigenvalue weighted by atomic mass is 32.1. The first-order valence-electron chi connectivity index (χ1n) is 12.2. The first-order chi connectivity index (χ1) is 17.9. The quantitative estimate of drug-likeness (QED) is 0.248. The number of alkyl carbamates (subject to hydrolysis) is 1. The van der Waals surface area contributed by atoms with Crippen LogP contribution in [-0.4, -0.2) is 30.1 Å². The van der Waals surface area contributed by atoms with E-state index >= 15 is 0 Å². The number of carbonyl (C=O) groups is 2. The van der Waals surface area contributed by atoms with Crippen molar-refractivity contribution in [2.75, 3.05) is 7.11 Å². The third kappa shape index (κ3) is 7.27. The van der Waals surface area contributed by atoms with Crippen molar-refractivity contribution in [1.29, 1.82) is 0 Å². The standard InChI is InChI=1S/C29H31N3O3S2/c1-19(2)22-13-11-21(12-14-22)16-23(25-18-37-28(31-25)26-10-7-15-36-26)30-27(33)24(32-29(34)35-3)17-20-8-5-4-6-9-20/h4-15,18-19,23-24H,16-17H2,1-3H3,(H,30,33)(H,32,34). The molecule has 8 heteroatoms. The average molecular weight is 534 g/mol. The maximum atomic E-state index is 13.5. The Morgan fingerprint density at radius 2 is 1.62 bits per heavy atom. The Morgan fingerprint density at radius 1 is 0.892 bits per heavy atom. The van der Waals surface area contributed by atoms with Crippen molar-refractivity contribution in [3.05, 3.63) is 99.9 Å². The molecule has 0 fully saturated rings. The number of methoxy groups -OCH3 is 1. The number of ether oxygens (including phenoxy) is 1. The minimum Gasteiger partial charge on any atom is -0.453 e. The second-order valence-corrected chi connectivity index (χ2v) is 10.9. The van der Waals surface area contributed by atoms with Crippen molar-refractivity contribution in [1.82, 2.24) is 15.6 Å². The second kappa shape index (κ2) is 12.7. The van der Waals surface area contributed by atoms with Gasteiger partial charge in [0.2, 0.25) is 5.91 Å². The van der Waals surface area contributed by atoms with Crippen LogP contribution in [0.3, 0.4) is 0 Å². The molecule has 0 saturated heterocycles. The maximum absolute atomic E-state index is 13.5. The van der Waals surface area contributed by atoms with Crippen LogP contribution in [0, 0.1) is 0 Å². The summed E-state index contributed by atoms with van der Waals surface area (Å²) in [4.78, 5) is 31.6. The molecule has 2 heterocycles. The number of hydrogen-bond donors (Lipinski definition) is 2. The normalized spacial score (nSPS) is 12.6. The van der Waals surface area contributed by atoms with Gasteiger partial charge in [-0.1, -0.05) is 74.5 Å². The molecule has 4 rings (SSSR count). The lowest BCUT2D eigenvalue weighted by atomic mass is 9.98. The van der Waals surface area contributed by atoms with Gasteiger partial charge in [0.15, 0.2) is 0 Å². The summed E-state index contributed by atoms with van der Waals surface area (Å²) < 4.78 is 4.79. The predicted molar refractivity (Wildman–Crippen MR) is 150 cm³/mol. The van der Waals surface area contributed by atoms with E-state index in [2.05, 4.69) is 48.7 Å². The molecule has 0 radical (unpaired) electrons. The number of carbonyl (C=O) groups excluding carboxylic acids is 2. The van der Waals surface area contributed by atoms with Gasteiger partial charge in [-0.25, -0.2) is 9.78 Å². The SMILES string of the molecule is COC(=O)NC(Cc1ccccc1)C(=O)NC(Cc1ccc(C(C)C)cc1)c1csc(-c2cccs2)n1. The number of aromatic nitrogens is 1. The van der Waals surface area contributed by atoms with Gasteiger partial charge in [0.05, 0.1) is 23.7 Å². The molecule has 2 amide bonds. The molecular formula is C29H31N3O3S2. The molecule has 4 aromatic rings. The summed E-state index contributed by atoms with van der Waals surface area (Å²) in [5, 5.41) is 10.8. The van der Waals surface area contributed by atoms with Crippen LogP contribution in [0.2, 0.25) is 0 Å². The van der Waals surface area contributed by atoms with Crippen molar-refractivity contribution in [2.24, 2.45) is 0 Å². The van der Waals surface area contributed by atoms with Crippen LogP contribution in [0.1, 0.15) is 48.2 Å². The fourth-order valence-electron chi connectivity index (χ4n) is 4.00. The molecule has 192 valence electrons. The molecule has 2 unspecified atom stereocenters. The molecule has 0 aliphatic rings. The van der Waals surface area contributed by atoms with E-state index in [0.717, 1.165) is 26.7 Å². The lowest BCUT2D eigenvalue weighted by Gasteiger charge is -2.23. The highest BCUT2D eigenvalue weighted by Crippen LogP contribution is 2.31. The largest absolute Gasteiger partial charge is 0.453 e. The van der Waals surface area contributed by atoms with Gasteiger partial charge in [-0.15, -0.1) is 22.7 Å². The maximum Gasteiger partial charge on any atom is 0.407 e. The van der Waals surface area contributed by atoms with E-state index in [1.54, 1.807) is 22.7 Å². The Bertz CT molecular complexity index is 1290. The van der Waals surface area contributed by atoms with Gasteiger partial charge in [-0.05, 0) is 40.5 Å². The first-order valence-corrected chi connectivity index (χ1v) is 14.0. The summed E-state index contributed by atoms with van der Waals surface area (Å²) in [5.41, 5.74) is 4.10. The van der Waals surface area contributed by atoms with E-state index in [9.17, 15) is 9.59 Å². The number of benzene rings is 2. The predicted octanol–water partition coefficient (Wildman–Crippen LogP) is 6.36. The van der Waals surface area contributed by atoms with Crippen molar-refractivity contribution < 1.29 is 14.3 Å².